The Bertz CT molecular complexity index is 468. The van der Waals surface area contributed by atoms with Crippen molar-refractivity contribution < 1.29 is 4.79 Å². The van der Waals surface area contributed by atoms with E-state index in [1.165, 1.54) is 0 Å². The van der Waals surface area contributed by atoms with Gasteiger partial charge in [-0.25, -0.2) is 0 Å². The van der Waals surface area contributed by atoms with Gasteiger partial charge in [-0.3, -0.25) is 4.79 Å². The first-order valence-corrected chi connectivity index (χ1v) is 6.69. The van der Waals surface area contributed by atoms with Crippen LogP contribution >= 0.6 is 0 Å². The lowest BCUT2D eigenvalue weighted by atomic mass is 10.0. The van der Waals surface area contributed by atoms with Crippen molar-refractivity contribution in [2.75, 3.05) is 18.8 Å². The molecule has 1 amide bonds. The summed E-state index contributed by atoms with van der Waals surface area (Å²) in [7, 11) is 0. The molecule has 1 saturated heterocycles. The van der Waals surface area contributed by atoms with E-state index in [1.54, 1.807) is 0 Å². The lowest BCUT2D eigenvalue weighted by Crippen LogP contribution is -2.29. The van der Waals surface area contributed by atoms with E-state index in [1.807, 2.05) is 30.9 Å². The molecule has 0 aliphatic carbocycles. The molecular formula is C15H22N2O. The number of benzene rings is 1. The minimum atomic E-state index is 0.134. The van der Waals surface area contributed by atoms with Gasteiger partial charge in [0.25, 0.3) is 5.91 Å². The molecule has 18 heavy (non-hydrogen) atoms. The molecule has 98 valence electrons. The molecule has 3 nitrogen and oxygen atoms in total. The predicted octanol–water partition coefficient (Wildman–Crippen LogP) is 2.76. The molecule has 1 fully saturated rings. The smallest absolute Gasteiger partial charge is 0.254 e. The summed E-state index contributed by atoms with van der Waals surface area (Å²) >= 11 is 0. The Balaban J connectivity index is 2.22. The topological polar surface area (TPSA) is 46.3 Å². The third-order valence-electron chi connectivity index (χ3n) is 3.99. The monoisotopic (exact) mass is 246 g/mol. The van der Waals surface area contributed by atoms with E-state index in [4.69, 9.17) is 5.73 Å². The van der Waals surface area contributed by atoms with Crippen LogP contribution in [0.3, 0.4) is 0 Å². The zero-order chi connectivity index (χ0) is 13.3. The zero-order valence-electron chi connectivity index (χ0n) is 11.5. The maximum absolute atomic E-state index is 12.5. The summed E-state index contributed by atoms with van der Waals surface area (Å²) in [6.07, 6.45) is 2.28. The van der Waals surface area contributed by atoms with Crippen molar-refractivity contribution in [3.63, 3.8) is 0 Å². The van der Waals surface area contributed by atoms with Crippen molar-refractivity contribution in [3.05, 3.63) is 28.8 Å². The molecule has 0 spiro atoms. The molecule has 1 aliphatic heterocycles. The van der Waals surface area contributed by atoms with E-state index in [-0.39, 0.29) is 5.91 Å². The van der Waals surface area contributed by atoms with Crippen LogP contribution in [0.5, 0.6) is 0 Å². The first-order valence-electron chi connectivity index (χ1n) is 6.69. The maximum Gasteiger partial charge on any atom is 0.254 e. The van der Waals surface area contributed by atoms with Gasteiger partial charge in [0, 0.05) is 24.3 Å². The Morgan fingerprint density at radius 3 is 2.72 bits per heavy atom. The van der Waals surface area contributed by atoms with Gasteiger partial charge >= 0.3 is 0 Å². The van der Waals surface area contributed by atoms with Gasteiger partial charge < -0.3 is 10.6 Å². The molecule has 1 aromatic rings. The highest BCUT2D eigenvalue weighted by atomic mass is 16.2. The van der Waals surface area contributed by atoms with Crippen LogP contribution in [0.1, 0.15) is 41.3 Å². The molecular weight excluding hydrogens is 224 g/mol. The SMILES string of the molecule is CCC1CCN(C(=O)c2cc(N)c(C)cc2C)C1. The fraction of sp³-hybridized carbons (Fsp3) is 0.533. The molecule has 1 aliphatic rings. The second-order valence-electron chi connectivity index (χ2n) is 5.34. The fourth-order valence-electron chi connectivity index (χ4n) is 2.62. The molecule has 1 aromatic carbocycles. The Labute approximate surface area is 109 Å². The first-order chi connectivity index (χ1) is 8.52. The summed E-state index contributed by atoms with van der Waals surface area (Å²) < 4.78 is 0. The van der Waals surface area contributed by atoms with Crippen molar-refractivity contribution in [3.8, 4) is 0 Å². The number of nitrogens with zero attached hydrogens (tertiary/aromatic N) is 1. The van der Waals surface area contributed by atoms with Crippen molar-refractivity contribution >= 4 is 11.6 Å². The number of hydrogen-bond donors (Lipinski definition) is 1. The average molecular weight is 246 g/mol. The number of carbonyl (C=O) groups is 1. The van der Waals surface area contributed by atoms with E-state index in [0.717, 1.165) is 42.6 Å². The van der Waals surface area contributed by atoms with Crippen molar-refractivity contribution in [1.29, 1.82) is 0 Å². The number of nitrogen functional groups attached to an aromatic ring is 1. The molecule has 0 saturated carbocycles. The highest BCUT2D eigenvalue weighted by Gasteiger charge is 2.26. The number of anilines is 1. The van der Waals surface area contributed by atoms with Crippen molar-refractivity contribution in [2.45, 2.75) is 33.6 Å². The zero-order valence-corrected chi connectivity index (χ0v) is 11.5. The van der Waals surface area contributed by atoms with Crippen molar-refractivity contribution in [1.82, 2.24) is 4.90 Å². The van der Waals surface area contributed by atoms with Gasteiger partial charge in [-0.2, -0.15) is 0 Å². The second-order valence-corrected chi connectivity index (χ2v) is 5.34. The van der Waals surface area contributed by atoms with Gasteiger partial charge in [-0.05, 0) is 43.4 Å². The largest absolute Gasteiger partial charge is 0.398 e. The highest BCUT2D eigenvalue weighted by Crippen LogP contribution is 2.24. The van der Waals surface area contributed by atoms with Gasteiger partial charge in [0.2, 0.25) is 0 Å². The van der Waals surface area contributed by atoms with Gasteiger partial charge in [-0.1, -0.05) is 19.4 Å². The lowest BCUT2D eigenvalue weighted by molar-refractivity contribution is 0.0786. The van der Waals surface area contributed by atoms with Crippen LogP contribution in [0.25, 0.3) is 0 Å². The summed E-state index contributed by atoms with van der Waals surface area (Å²) in [5, 5.41) is 0. The normalized spacial score (nSPS) is 19.3. The van der Waals surface area contributed by atoms with Crippen LogP contribution in [-0.2, 0) is 0 Å². The second kappa shape index (κ2) is 5.01. The Morgan fingerprint density at radius 1 is 1.39 bits per heavy atom. The quantitative estimate of drug-likeness (QED) is 0.816. The maximum atomic E-state index is 12.5. The minimum absolute atomic E-state index is 0.134. The molecule has 0 radical (unpaired) electrons. The van der Waals surface area contributed by atoms with Gasteiger partial charge in [0.1, 0.15) is 0 Å². The van der Waals surface area contributed by atoms with Crippen LogP contribution in [0.2, 0.25) is 0 Å². The van der Waals surface area contributed by atoms with Crippen LogP contribution in [0.15, 0.2) is 12.1 Å². The predicted molar refractivity (Wildman–Crippen MR) is 74.6 cm³/mol. The van der Waals surface area contributed by atoms with Gasteiger partial charge in [-0.15, -0.1) is 0 Å². The Morgan fingerprint density at radius 2 is 2.11 bits per heavy atom. The molecule has 0 aromatic heterocycles. The van der Waals surface area contributed by atoms with Crippen LogP contribution in [0, 0.1) is 19.8 Å². The van der Waals surface area contributed by atoms with Gasteiger partial charge in [0.05, 0.1) is 0 Å². The lowest BCUT2D eigenvalue weighted by Gasteiger charge is -2.18. The Hall–Kier alpha value is -1.51. The number of rotatable bonds is 2. The van der Waals surface area contributed by atoms with Crippen LogP contribution in [-0.4, -0.2) is 23.9 Å². The summed E-state index contributed by atoms with van der Waals surface area (Å²) in [6.45, 7) is 7.91. The van der Waals surface area contributed by atoms with E-state index in [2.05, 4.69) is 6.92 Å². The molecule has 2 rings (SSSR count). The summed E-state index contributed by atoms with van der Waals surface area (Å²) in [6, 6.07) is 3.82. The number of hydrogen-bond acceptors (Lipinski definition) is 2. The summed E-state index contributed by atoms with van der Waals surface area (Å²) in [5.74, 6) is 0.798. The first kappa shape index (κ1) is 12.9. The third-order valence-corrected chi connectivity index (χ3v) is 3.99. The van der Waals surface area contributed by atoms with Crippen LogP contribution < -0.4 is 5.73 Å². The highest BCUT2D eigenvalue weighted by molar-refractivity contribution is 5.96. The number of nitrogens with two attached hydrogens (primary N) is 1. The third kappa shape index (κ3) is 2.35. The molecule has 1 heterocycles. The minimum Gasteiger partial charge on any atom is -0.398 e. The van der Waals surface area contributed by atoms with E-state index < -0.39 is 0 Å². The number of aryl methyl sites for hydroxylation is 2. The molecule has 1 atom stereocenters. The number of amides is 1. The van der Waals surface area contributed by atoms with E-state index >= 15 is 0 Å². The van der Waals surface area contributed by atoms with E-state index in [0.29, 0.717) is 11.6 Å². The molecule has 2 N–H and O–H groups in total. The standard InChI is InChI=1S/C15H22N2O/c1-4-12-5-6-17(9-12)15(18)13-8-14(16)11(3)7-10(13)2/h7-8,12H,4-6,9,16H2,1-3H3. The Kier molecular flexibility index (Phi) is 3.60. The van der Waals surface area contributed by atoms with E-state index in [9.17, 15) is 4.79 Å². The molecule has 0 bridgehead atoms. The van der Waals surface area contributed by atoms with Crippen LogP contribution in [0.4, 0.5) is 5.69 Å². The molecule has 1 unspecified atom stereocenters. The molecule has 3 heteroatoms. The number of likely N-dealkylation sites (tertiary alicyclic amines) is 1. The fourth-order valence-corrected chi connectivity index (χ4v) is 2.62. The van der Waals surface area contributed by atoms with Gasteiger partial charge in [0.15, 0.2) is 0 Å². The number of carbonyl (C=O) groups excluding carboxylic acids is 1. The van der Waals surface area contributed by atoms with Crippen molar-refractivity contribution in [2.24, 2.45) is 5.92 Å². The summed E-state index contributed by atoms with van der Waals surface area (Å²) in [5.41, 5.74) is 9.43. The average Bonchev–Trinajstić information content (AvgIpc) is 2.81. The summed E-state index contributed by atoms with van der Waals surface area (Å²) in [4.78, 5) is 14.4.